The second-order valence-electron chi connectivity index (χ2n) is 24.2. The van der Waals surface area contributed by atoms with Gasteiger partial charge in [-0.2, -0.15) is 0 Å². The summed E-state index contributed by atoms with van der Waals surface area (Å²) in [6, 6.07) is 20.9. The number of fused-ring (bicyclic) bond motifs is 2. The van der Waals surface area contributed by atoms with Crippen molar-refractivity contribution < 1.29 is 91.0 Å². The van der Waals surface area contributed by atoms with Crippen molar-refractivity contribution in [3.63, 3.8) is 0 Å². The maximum Gasteiger partial charge on any atom is 0 e. The number of anilines is 4. The van der Waals surface area contributed by atoms with Gasteiger partial charge in [-0.15, -0.1) is 35.9 Å². The normalized spacial score (nSPS) is 14.8. The van der Waals surface area contributed by atoms with Gasteiger partial charge in [0.15, 0.2) is 11.6 Å². The molecule has 9 aromatic rings. The quantitative estimate of drug-likeness (QED) is 0.0237. The Labute approximate surface area is 674 Å². The summed E-state index contributed by atoms with van der Waals surface area (Å²) < 4.78 is 120. The van der Waals surface area contributed by atoms with E-state index in [4.69, 9.17) is 9.97 Å². The molecule has 6 aromatic heterocycles. The first-order valence-electron chi connectivity index (χ1n) is 33.5. The van der Waals surface area contributed by atoms with Crippen molar-refractivity contribution in [3.8, 4) is 33.6 Å². The summed E-state index contributed by atoms with van der Waals surface area (Å²) in [5.41, 5.74) is 3.31. The number of sulfonamides is 2. The van der Waals surface area contributed by atoms with Crippen LogP contribution < -0.4 is 24.6 Å². The SMILES string of the molecule is CCC.CCCS(=O)(=O)Nc1ccc(F)c(-n2cc(-c3cncnc3)c3nc(N(C)C4CCN(C)CC4)ccc32)c1F.CCCS(=O)(=O)Nc1ccc(F)c(-n2cc(-c3cncnc3)c3nc(N(C)C4CCNCC4)ccc32)c1F.CCI.O=C1CCC([N-]C(=O)c2[c-]cccc2)C(=O)C1.[I][V][I].[Y]. The van der Waals surface area contributed by atoms with E-state index in [0.29, 0.717) is 97.1 Å². The van der Waals surface area contributed by atoms with E-state index in [2.05, 4.69) is 151 Å². The Bertz CT molecular complexity index is 4520. The molecule has 0 spiro atoms. The first kappa shape index (κ1) is 87.5. The van der Waals surface area contributed by atoms with Crippen LogP contribution in [0.3, 0.4) is 0 Å². The topological polar surface area (TPSA) is 267 Å². The Morgan fingerprint density at radius 2 is 1.11 bits per heavy atom. The summed E-state index contributed by atoms with van der Waals surface area (Å²) in [7, 11) is -0.826. The van der Waals surface area contributed by atoms with E-state index in [-0.39, 0.29) is 73.6 Å². The molecule has 22 nitrogen and oxygen atoms in total. The van der Waals surface area contributed by atoms with Gasteiger partial charge in [-0.3, -0.25) is 14.2 Å². The van der Waals surface area contributed by atoms with Gasteiger partial charge in [-0.25, -0.2) is 64.3 Å². The van der Waals surface area contributed by atoms with Gasteiger partial charge in [0.1, 0.15) is 58.9 Å². The summed E-state index contributed by atoms with van der Waals surface area (Å²) in [6.07, 6.45) is 18.9. The number of halogens is 7. The number of nitrogens with one attached hydrogen (secondary N) is 3. The van der Waals surface area contributed by atoms with Crippen molar-refractivity contribution in [2.24, 2.45) is 0 Å². The predicted octanol–water partition coefficient (Wildman–Crippen LogP) is 14.9. The number of hydrogen-bond donors (Lipinski definition) is 3. The first-order chi connectivity index (χ1) is 49.4. The molecule has 3 aromatic carbocycles. The second-order valence-corrected chi connectivity index (χ2v) is 41.2. The molecule has 33 heteroatoms. The summed E-state index contributed by atoms with van der Waals surface area (Å²) in [5.74, 6) is -3.37. The van der Waals surface area contributed by atoms with Crippen LogP contribution in [0.1, 0.15) is 109 Å². The number of Topliss-reactive ketones (excluding diaryl/α,β-unsaturated/α-hetero) is 2. The summed E-state index contributed by atoms with van der Waals surface area (Å²) in [6.45, 7) is 13.6. The fourth-order valence-electron chi connectivity index (χ4n) is 11.6. The van der Waals surface area contributed by atoms with Crippen molar-refractivity contribution in [1.29, 1.82) is 0 Å². The van der Waals surface area contributed by atoms with Crippen molar-refractivity contribution >= 4 is 145 Å². The van der Waals surface area contributed by atoms with Gasteiger partial charge in [0.2, 0.25) is 20.0 Å². The minimum Gasteiger partial charge on any atom is 0 e. The Balaban J connectivity index is 0.000000244. The largest absolute Gasteiger partial charge is 0 e. The van der Waals surface area contributed by atoms with Crippen molar-refractivity contribution in [3.05, 3.63) is 163 Å². The van der Waals surface area contributed by atoms with Gasteiger partial charge in [0.25, 0.3) is 0 Å². The van der Waals surface area contributed by atoms with E-state index in [9.17, 15) is 31.2 Å². The van der Waals surface area contributed by atoms with Crippen molar-refractivity contribution in [2.45, 2.75) is 117 Å². The number of rotatable bonds is 18. The van der Waals surface area contributed by atoms with Crippen molar-refractivity contribution in [2.75, 3.05) is 82.5 Å². The van der Waals surface area contributed by atoms with Crippen LogP contribution in [0.2, 0.25) is 0 Å². The molecule has 2 aliphatic heterocycles. The van der Waals surface area contributed by atoms with Gasteiger partial charge in [0, 0.05) is 125 Å². The third-order valence-electron chi connectivity index (χ3n) is 16.6. The number of carbonyl (C=O) groups is 3. The van der Waals surface area contributed by atoms with Gasteiger partial charge >= 0.3 is 49.4 Å². The molecule has 1 saturated carbocycles. The molecule has 1 unspecified atom stereocenters. The molecular formula is C71H84F4I3N15O7S2VY-2. The standard InChI is InChI=1S/C27H31F2N7O2S.C26H29F2N7O2S.C13H12NO3.C3H8.C2H5I.2HI.V.Y/c1-4-13-39(37,38)33-22-6-5-21(28)27(25(22)29)36-16-20(18-14-30-17-31-15-18)26-23(36)7-8-24(32-26)35(3)19-9-11-34(2)12-10-19;1-3-12-38(36,37)33-21-5-4-20(27)26(24(21)28)35-15-19(17-13-30-16-31-14-17)25-22(35)6-7-23(32-25)34(2)18-8-10-29-11-9-18;15-10-6-7-11(12(16)8-10)14-13(17)9-4-2-1-3-5-9;1-3-2;1-2-3;;;;/h5-8,14-17,19,33H,4,9-13H2,1-3H3;4-7,13-16,18,29,33H,3,8-12H2,1-2H3;1-4,11H,6-8H2,(H,14,17);3H2,1-2H3;2H2,1H3;2*1H;;/q;;-1;;;;;+2;/p-3. The first-order valence-corrected chi connectivity index (χ1v) is 47.3. The minimum absolute atomic E-state index is 0. The third kappa shape index (κ3) is 24.1. The third-order valence-corrected chi connectivity index (χ3v) is 19.5. The molecule has 12 rings (SSSR count). The van der Waals surface area contributed by atoms with E-state index in [1.54, 1.807) is 87.4 Å². The number of benzene rings is 3. The summed E-state index contributed by atoms with van der Waals surface area (Å²) in [5, 5.41) is 7.21. The summed E-state index contributed by atoms with van der Waals surface area (Å²) in [4.78, 5) is 67.1. The fraction of sp³-hybridized carbons (Fsp3) is 0.394. The van der Waals surface area contributed by atoms with Crippen LogP contribution in [0.5, 0.6) is 0 Å². The number of alkyl halides is 1. The number of amides is 1. The van der Waals surface area contributed by atoms with Gasteiger partial charge < -0.3 is 44.1 Å². The molecule has 1 atom stereocenters. The van der Waals surface area contributed by atoms with Gasteiger partial charge in [-0.05, 0) is 131 Å². The van der Waals surface area contributed by atoms with Crippen molar-refractivity contribution in [1.82, 2.24) is 49.3 Å². The Hall–Kier alpha value is -5.37. The zero-order valence-corrected chi connectivity index (χ0v) is 71.4. The van der Waals surface area contributed by atoms with E-state index < -0.39 is 66.6 Å². The molecule has 1 radical (unpaired) electrons. The number of hydrogen-bond acceptors (Lipinski definition) is 17. The molecule has 104 heavy (non-hydrogen) atoms. The van der Waals surface area contributed by atoms with Gasteiger partial charge in [-0.1, -0.05) is 76.1 Å². The molecule has 556 valence electrons. The molecule has 1 amide bonds. The number of nitrogens with zero attached hydrogens (tertiary/aromatic N) is 12. The maximum absolute atomic E-state index is 15.8. The predicted molar refractivity (Wildman–Crippen MR) is 422 cm³/mol. The van der Waals surface area contributed by atoms with Crippen LogP contribution in [-0.4, -0.2) is 160 Å². The van der Waals surface area contributed by atoms with E-state index in [0.717, 1.165) is 87.8 Å². The number of aromatic nitrogens is 8. The van der Waals surface area contributed by atoms with Crippen LogP contribution in [0.25, 0.3) is 61.0 Å². The minimum atomic E-state index is -3.79. The molecular weight excluding hydrogens is 1840 g/mol. The second kappa shape index (κ2) is 43.0. The molecule has 2 saturated heterocycles. The molecule has 3 aliphatic rings. The Morgan fingerprint density at radius 1 is 0.673 bits per heavy atom. The molecule has 3 N–H and O–H groups in total. The van der Waals surface area contributed by atoms with Crippen LogP contribution >= 0.6 is 62.5 Å². The molecule has 3 fully saturated rings. The smallest absolute Gasteiger partial charge is 0 e. The zero-order valence-electron chi connectivity index (χ0n) is 59.0. The van der Waals surface area contributed by atoms with Crippen LogP contribution in [0, 0.1) is 29.3 Å². The Morgan fingerprint density at radius 3 is 1.51 bits per heavy atom. The fourth-order valence-corrected chi connectivity index (χ4v) is 13.9. The van der Waals surface area contributed by atoms with Crippen LogP contribution in [0.15, 0.2) is 123 Å². The number of carbonyl (C=O) groups excluding carboxylic acids is 3. The van der Waals surface area contributed by atoms with E-state index in [1.807, 2.05) is 26.2 Å². The maximum atomic E-state index is 15.8. The van der Waals surface area contributed by atoms with E-state index >= 15 is 17.6 Å². The Kier molecular flexibility index (Phi) is 36.2. The average molecular weight is 1920 g/mol. The molecule has 8 heterocycles. The molecule has 0 bridgehead atoms. The number of ketones is 2. The van der Waals surface area contributed by atoms with Crippen LogP contribution in [0.4, 0.5) is 40.6 Å². The summed E-state index contributed by atoms with van der Waals surface area (Å²) >= 11 is 7.03. The molecule has 1 aliphatic carbocycles. The number of piperidine rings is 2. The van der Waals surface area contributed by atoms with Gasteiger partial charge in [0.05, 0.1) is 51.4 Å². The number of likely N-dealkylation sites (tertiary alicyclic amines) is 1. The zero-order chi connectivity index (χ0) is 75.0. The number of pyridine rings is 2. The van der Waals surface area contributed by atoms with E-state index in [1.165, 1.54) is 32.6 Å². The van der Waals surface area contributed by atoms with Crippen LogP contribution in [-0.2, 0) is 71.8 Å². The average Bonchev–Trinajstić information content (AvgIpc) is 1.60. The monoisotopic (exact) mass is 1920 g/mol.